The monoisotopic (exact) mass is 1080 g/mol. The number of nitrogens with one attached hydrogen (secondary N) is 2. The second-order valence-corrected chi connectivity index (χ2v) is 18.3. The first kappa shape index (κ1) is 52.4. The summed E-state index contributed by atoms with van der Waals surface area (Å²) in [6, 6.07) is 19.2. The molecule has 0 saturated heterocycles. The highest BCUT2D eigenvalue weighted by Crippen LogP contribution is 2.44. The molecule has 12 rings (SSSR count). The zero-order valence-electron chi connectivity index (χ0n) is 43.6. The van der Waals surface area contributed by atoms with E-state index in [0.29, 0.717) is 232 Å². The Labute approximate surface area is 453 Å². The molecule has 7 aromatic rings. The molecule has 8 bridgehead atoms. The lowest BCUT2D eigenvalue weighted by Gasteiger charge is -2.15. The van der Waals surface area contributed by atoms with E-state index in [1.165, 1.54) is 0 Å². The van der Waals surface area contributed by atoms with Gasteiger partial charge in [0, 0.05) is 43.8 Å². The van der Waals surface area contributed by atoms with E-state index in [-0.39, 0.29) is 39.6 Å². The number of rotatable bonds is 0. The molecule has 8 heterocycles. The minimum Gasteiger partial charge on any atom is -0.487 e. The molecular weight excluding hydrogens is 1020 g/mol. The van der Waals surface area contributed by atoms with Crippen molar-refractivity contribution in [3.05, 3.63) is 60.7 Å². The summed E-state index contributed by atoms with van der Waals surface area (Å²) in [4.78, 5) is 38.6. The predicted molar refractivity (Wildman–Crippen MR) is 286 cm³/mol. The smallest absolute Gasteiger partial charge is 0.164 e. The number of H-pyrrole nitrogens is 2. The Kier molecular flexibility index (Phi) is 17.0. The molecule has 0 aliphatic carbocycles. The molecule has 3 aromatic heterocycles. The minimum absolute atomic E-state index is 0.233. The maximum Gasteiger partial charge on any atom is 0.164 e. The molecule has 23 nitrogen and oxygen atoms in total. The molecule has 0 radical (unpaired) electrons. The van der Waals surface area contributed by atoms with Gasteiger partial charge in [-0.25, -0.2) is 29.9 Å². The first-order chi connectivity index (χ1) is 39.2. The SMILES string of the molecule is c1ccc2c(c1)-c1nc-2nc2[nH]c(nc3nc(nc4[nH]c(n1)c1cc5c(cc41)OCCOCCOCCOCCO5)-c1cc4c(cc1-3)OCCOCCOCCOCCO4)c1cc3c(cc21)OCCOCCOCCOCCO3. The standard InChI is InChI=1S/C56H60N8O15/c1-2-4-36-35(3-1)49-57-50(36)59-52-38-30-44-46(77-26-20-71-14-8-66-6-12-69-18-24-75-44)32-40(38)54(61-52)63-56-42-34-48-47(78-27-21-72-15-9-67-10-16-73-22-28-79-48)33-41(42)55(64-56)62-53-39-31-45-43(29-37(39)51(58-49)60-53)74-23-17-68-11-5-65-7-13-70-19-25-76-45/h1-4,29-34H,5-28H2,(H2,57,58,59,60,61,62,63,64). The average molecular weight is 1090 g/mol. The highest BCUT2D eigenvalue weighted by Gasteiger charge is 2.27. The fraction of sp³-hybridized carbons (Fsp3) is 0.429. The summed E-state index contributed by atoms with van der Waals surface area (Å²) in [5.74, 6) is 4.31. The van der Waals surface area contributed by atoms with Crippen LogP contribution in [0.2, 0.25) is 0 Å². The Hall–Kier alpha value is -7.32. The fourth-order valence-electron chi connectivity index (χ4n) is 9.32. The van der Waals surface area contributed by atoms with Crippen LogP contribution in [0.4, 0.5) is 0 Å². The van der Waals surface area contributed by atoms with Crippen molar-refractivity contribution in [1.82, 2.24) is 39.9 Å². The Balaban J connectivity index is 1.09. The number of fused-ring (bicyclic) bond motifs is 23. The van der Waals surface area contributed by atoms with E-state index < -0.39 is 0 Å². The Morgan fingerprint density at radius 1 is 0.241 bits per heavy atom. The molecule has 0 fully saturated rings. The zero-order chi connectivity index (χ0) is 53.0. The molecule has 0 saturated carbocycles. The van der Waals surface area contributed by atoms with Gasteiger partial charge in [-0.2, -0.15) is 0 Å². The van der Waals surface area contributed by atoms with Gasteiger partial charge in [0.05, 0.1) is 119 Å². The Morgan fingerprint density at radius 3 is 0.709 bits per heavy atom. The van der Waals surface area contributed by atoms with Gasteiger partial charge >= 0.3 is 0 Å². The van der Waals surface area contributed by atoms with Gasteiger partial charge in [0.2, 0.25) is 0 Å². The zero-order valence-corrected chi connectivity index (χ0v) is 43.6. The van der Waals surface area contributed by atoms with Crippen LogP contribution in [-0.4, -0.2) is 198 Å². The maximum atomic E-state index is 6.42. The Bertz CT molecular complexity index is 3210. The van der Waals surface area contributed by atoms with Crippen LogP contribution >= 0.6 is 0 Å². The van der Waals surface area contributed by atoms with Crippen LogP contribution in [0.5, 0.6) is 34.5 Å². The van der Waals surface area contributed by atoms with Gasteiger partial charge in [-0.3, -0.25) is 0 Å². The summed E-state index contributed by atoms with van der Waals surface area (Å²) >= 11 is 0. The van der Waals surface area contributed by atoms with Gasteiger partial charge in [0.15, 0.2) is 57.8 Å². The van der Waals surface area contributed by atoms with Crippen LogP contribution in [0, 0.1) is 0 Å². The molecule has 5 aliphatic heterocycles. The quantitative estimate of drug-likeness (QED) is 0.168. The van der Waals surface area contributed by atoms with Gasteiger partial charge in [-0.1, -0.05) is 24.3 Å². The molecule has 414 valence electrons. The van der Waals surface area contributed by atoms with E-state index >= 15 is 0 Å². The van der Waals surface area contributed by atoms with E-state index in [2.05, 4.69) is 9.97 Å². The Morgan fingerprint density at radius 2 is 0.456 bits per heavy atom. The van der Waals surface area contributed by atoms with Crippen LogP contribution in [-0.2, 0) is 42.6 Å². The third kappa shape index (κ3) is 12.4. The summed E-state index contributed by atoms with van der Waals surface area (Å²) in [7, 11) is 0. The molecule has 0 amide bonds. The highest BCUT2D eigenvalue weighted by molar-refractivity contribution is 6.08. The van der Waals surface area contributed by atoms with Crippen LogP contribution in [0.1, 0.15) is 0 Å². The molecule has 0 spiro atoms. The van der Waals surface area contributed by atoms with Gasteiger partial charge < -0.3 is 81.0 Å². The fourth-order valence-corrected chi connectivity index (χ4v) is 9.32. The van der Waals surface area contributed by atoms with E-state index in [1.807, 2.05) is 60.7 Å². The lowest BCUT2D eigenvalue weighted by atomic mass is 10.1. The van der Waals surface area contributed by atoms with E-state index in [0.717, 1.165) is 11.1 Å². The number of aromatic nitrogens is 8. The van der Waals surface area contributed by atoms with Gasteiger partial charge in [-0.05, 0) is 36.4 Å². The second kappa shape index (κ2) is 25.6. The van der Waals surface area contributed by atoms with Gasteiger partial charge in [-0.15, -0.1) is 0 Å². The largest absolute Gasteiger partial charge is 0.487 e. The van der Waals surface area contributed by atoms with Crippen molar-refractivity contribution in [2.24, 2.45) is 0 Å². The number of hydrogen-bond acceptors (Lipinski definition) is 21. The van der Waals surface area contributed by atoms with E-state index in [4.69, 9.17) is 101 Å². The number of nitrogens with zero attached hydrogens (tertiary/aromatic N) is 6. The molecule has 2 N–H and O–H groups in total. The summed E-state index contributed by atoms with van der Waals surface area (Å²) in [6.07, 6.45) is 0. The number of aromatic amines is 2. The maximum absolute atomic E-state index is 6.42. The summed E-state index contributed by atoms with van der Waals surface area (Å²) in [6.45, 7) is 8.55. The van der Waals surface area contributed by atoms with Crippen molar-refractivity contribution >= 4 is 44.1 Å². The topological polar surface area (TPSA) is 247 Å². The lowest BCUT2D eigenvalue weighted by Crippen LogP contribution is -2.13. The van der Waals surface area contributed by atoms with Crippen molar-refractivity contribution in [3.63, 3.8) is 0 Å². The van der Waals surface area contributed by atoms with E-state index in [1.54, 1.807) is 0 Å². The van der Waals surface area contributed by atoms with Crippen LogP contribution in [0.3, 0.4) is 0 Å². The van der Waals surface area contributed by atoms with Crippen molar-refractivity contribution < 1.29 is 71.1 Å². The van der Waals surface area contributed by atoms with Crippen LogP contribution in [0.15, 0.2) is 60.7 Å². The predicted octanol–water partition coefficient (Wildman–Crippen LogP) is 6.33. The highest BCUT2D eigenvalue weighted by atomic mass is 16.6. The third-order valence-electron chi connectivity index (χ3n) is 13.1. The lowest BCUT2D eigenvalue weighted by molar-refractivity contribution is 0.00708. The summed E-state index contributed by atoms with van der Waals surface area (Å²) < 4.78 is 90.3. The van der Waals surface area contributed by atoms with Crippen molar-refractivity contribution in [2.45, 2.75) is 0 Å². The molecule has 4 aromatic carbocycles. The molecular formula is C56H60N8O15. The number of benzene rings is 4. The number of hydrogen-bond donors (Lipinski definition) is 2. The minimum atomic E-state index is 0.233. The van der Waals surface area contributed by atoms with Crippen molar-refractivity contribution in [2.75, 3.05) is 159 Å². The molecule has 0 atom stereocenters. The van der Waals surface area contributed by atoms with Gasteiger partial charge in [0.25, 0.3) is 0 Å². The third-order valence-corrected chi connectivity index (χ3v) is 13.1. The first-order valence-electron chi connectivity index (χ1n) is 26.6. The van der Waals surface area contributed by atoms with Crippen molar-refractivity contribution in [1.29, 1.82) is 0 Å². The summed E-state index contributed by atoms with van der Waals surface area (Å²) in [5.41, 5.74) is 4.56. The molecule has 23 heteroatoms. The molecule has 5 aliphatic rings. The molecule has 0 unspecified atom stereocenters. The normalized spacial score (nSPS) is 18.1. The summed E-state index contributed by atoms with van der Waals surface area (Å²) in [5, 5.41) is 2.70. The first-order valence-corrected chi connectivity index (χ1v) is 26.6. The number of ether oxygens (including phenoxy) is 15. The molecule has 79 heavy (non-hydrogen) atoms. The van der Waals surface area contributed by atoms with Gasteiger partial charge in [0.1, 0.15) is 62.2 Å². The van der Waals surface area contributed by atoms with Crippen LogP contribution < -0.4 is 28.4 Å². The average Bonchev–Trinajstić information content (AvgIpc) is 4.37. The van der Waals surface area contributed by atoms with E-state index in [9.17, 15) is 0 Å². The van der Waals surface area contributed by atoms with Crippen LogP contribution in [0.25, 0.3) is 89.7 Å². The second-order valence-electron chi connectivity index (χ2n) is 18.3. The van der Waals surface area contributed by atoms with Crippen molar-refractivity contribution in [3.8, 4) is 80.0 Å².